The second kappa shape index (κ2) is 9.00. The van der Waals surface area contributed by atoms with Crippen LogP contribution < -0.4 is 16.0 Å². The van der Waals surface area contributed by atoms with Gasteiger partial charge in [-0.15, -0.1) is 0 Å². The number of hydrogen-bond acceptors (Lipinski definition) is 4. The third-order valence-electron chi connectivity index (χ3n) is 5.81. The monoisotopic (exact) mass is 498 g/mol. The van der Waals surface area contributed by atoms with Gasteiger partial charge in [-0.1, -0.05) is 23.2 Å². The molecule has 0 atom stereocenters. The first-order chi connectivity index (χ1) is 16.4. The van der Waals surface area contributed by atoms with Crippen LogP contribution in [0, 0.1) is 0 Å². The van der Waals surface area contributed by atoms with Crippen molar-refractivity contribution in [2.75, 3.05) is 22.5 Å². The molecule has 0 fully saturated rings. The third kappa shape index (κ3) is 4.57. The molecule has 0 saturated heterocycles. The average Bonchev–Trinajstić information content (AvgIpc) is 3.22. The zero-order valence-corrected chi connectivity index (χ0v) is 19.4. The number of amides is 4. The summed E-state index contributed by atoms with van der Waals surface area (Å²) in [5.41, 5.74) is 4.56. The highest BCUT2D eigenvalue weighted by Gasteiger charge is 2.28. The van der Waals surface area contributed by atoms with Crippen molar-refractivity contribution in [3.63, 3.8) is 0 Å². The Balaban J connectivity index is 1.29. The maximum atomic E-state index is 13.0. The molecule has 2 aromatic carbocycles. The number of benzene rings is 2. The summed E-state index contributed by atoms with van der Waals surface area (Å²) >= 11 is 12.0. The first kappa shape index (κ1) is 22.2. The summed E-state index contributed by atoms with van der Waals surface area (Å²) < 4.78 is 0. The van der Waals surface area contributed by atoms with E-state index < -0.39 is 0 Å². The van der Waals surface area contributed by atoms with Gasteiger partial charge >= 0.3 is 6.03 Å². The molecule has 0 unspecified atom stereocenters. The SMILES string of the molecule is O=C1CCc2cc(NC(=O)c3n[nH]c4c3CN(C(=O)Nc3cc(Cl)cc(Cl)c3)CC4)ccc2N1. The standard InChI is InChI=1S/C23H20Cl2N6O3/c24-13-8-14(25)10-16(9-13)27-23(34)31-6-5-19-17(11-31)21(30-29-19)22(33)26-15-2-3-18-12(7-15)1-4-20(32)28-18/h2-3,7-10H,1,4-6,11H2,(H,26,33)(H,27,34)(H,28,32)(H,29,30). The lowest BCUT2D eigenvalue weighted by molar-refractivity contribution is -0.116. The number of halogens is 2. The summed E-state index contributed by atoms with van der Waals surface area (Å²) in [6, 6.07) is 9.84. The van der Waals surface area contributed by atoms with E-state index in [2.05, 4.69) is 26.1 Å². The molecule has 34 heavy (non-hydrogen) atoms. The van der Waals surface area contributed by atoms with Gasteiger partial charge in [-0.05, 0) is 48.4 Å². The quantitative estimate of drug-likeness (QED) is 0.426. The fourth-order valence-corrected chi connectivity index (χ4v) is 4.66. The van der Waals surface area contributed by atoms with Gasteiger partial charge in [0.2, 0.25) is 5.91 Å². The van der Waals surface area contributed by atoms with Crippen LogP contribution in [0.4, 0.5) is 21.9 Å². The van der Waals surface area contributed by atoms with Crippen molar-refractivity contribution < 1.29 is 14.4 Å². The lowest BCUT2D eigenvalue weighted by atomic mass is 10.0. The number of anilines is 3. The number of aryl methyl sites for hydroxylation is 1. The van der Waals surface area contributed by atoms with E-state index in [4.69, 9.17) is 23.2 Å². The second-order valence-electron chi connectivity index (χ2n) is 8.16. The smallest absolute Gasteiger partial charge is 0.322 e. The Labute approximate surface area is 204 Å². The lowest BCUT2D eigenvalue weighted by Gasteiger charge is -2.27. The van der Waals surface area contributed by atoms with E-state index in [0.717, 1.165) is 16.9 Å². The predicted octanol–water partition coefficient (Wildman–Crippen LogP) is 4.44. The molecule has 174 valence electrons. The highest BCUT2D eigenvalue weighted by atomic mass is 35.5. The minimum atomic E-state index is -0.374. The van der Waals surface area contributed by atoms with E-state index in [1.165, 1.54) is 0 Å². The number of H-pyrrole nitrogens is 1. The van der Waals surface area contributed by atoms with E-state index in [1.54, 1.807) is 35.2 Å². The van der Waals surface area contributed by atoms with Crippen LogP contribution in [0.1, 0.15) is 33.7 Å². The van der Waals surface area contributed by atoms with Crippen molar-refractivity contribution in [2.24, 2.45) is 0 Å². The number of aromatic nitrogens is 2. The van der Waals surface area contributed by atoms with Crippen molar-refractivity contribution in [3.8, 4) is 0 Å². The van der Waals surface area contributed by atoms with Crippen LogP contribution in [0.25, 0.3) is 0 Å². The van der Waals surface area contributed by atoms with E-state index >= 15 is 0 Å². The van der Waals surface area contributed by atoms with Gasteiger partial charge in [0.05, 0.1) is 6.54 Å². The van der Waals surface area contributed by atoms with Gasteiger partial charge < -0.3 is 20.9 Å². The van der Waals surface area contributed by atoms with Crippen molar-refractivity contribution in [1.82, 2.24) is 15.1 Å². The van der Waals surface area contributed by atoms with Gasteiger partial charge in [-0.25, -0.2) is 4.79 Å². The number of fused-ring (bicyclic) bond motifs is 2. The molecule has 5 rings (SSSR count). The molecular formula is C23H20Cl2N6O3. The van der Waals surface area contributed by atoms with E-state index in [-0.39, 0.29) is 30.1 Å². The van der Waals surface area contributed by atoms with Gasteiger partial charge in [-0.2, -0.15) is 5.10 Å². The summed E-state index contributed by atoms with van der Waals surface area (Å²) in [6.45, 7) is 0.692. The van der Waals surface area contributed by atoms with Crippen molar-refractivity contribution in [2.45, 2.75) is 25.8 Å². The molecule has 2 aliphatic rings. The minimum absolute atomic E-state index is 0.0144. The molecule has 0 saturated carbocycles. The van der Waals surface area contributed by atoms with Crippen LogP contribution in [0.5, 0.6) is 0 Å². The third-order valence-corrected chi connectivity index (χ3v) is 6.24. The van der Waals surface area contributed by atoms with Crippen LogP contribution in [-0.4, -0.2) is 39.5 Å². The average molecular weight is 499 g/mol. The summed E-state index contributed by atoms with van der Waals surface area (Å²) in [4.78, 5) is 39.0. The van der Waals surface area contributed by atoms with Crippen LogP contribution in [0.2, 0.25) is 10.0 Å². The Hall–Kier alpha value is -3.56. The highest BCUT2D eigenvalue weighted by Crippen LogP contribution is 2.27. The molecule has 3 aromatic rings. The number of rotatable bonds is 3. The van der Waals surface area contributed by atoms with E-state index in [0.29, 0.717) is 52.8 Å². The zero-order valence-electron chi connectivity index (χ0n) is 17.9. The maximum Gasteiger partial charge on any atom is 0.322 e. The predicted molar refractivity (Wildman–Crippen MR) is 130 cm³/mol. The fraction of sp³-hybridized carbons (Fsp3) is 0.217. The highest BCUT2D eigenvalue weighted by molar-refractivity contribution is 6.35. The molecule has 0 aliphatic carbocycles. The number of nitrogens with one attached hydrogen (secondary N) is 4. The molecule has 9 nitrogen and oxygen atoms in total. The molecule has 0 bridgehead atoms. The Bertz CT molecular complexity index is 1300. The summed E-state index contributed by atoms with van der Waals surface area (Å²) in [5.74, 6) is -0.388. The summed E-state index contributed by atoms with van der Waals surface area (Å²) in [6.07, 6.45) is 1.57. The van der Waals surface area contributed by atoms with Crippen molar-refractivity contribution in [3.05, 3.63) is 69.0 Å². The van der Waals surface area contributed by atoms with Crippen LogP contribution in [0.15, 0.2) is 36.4 Å². The van der Waals surface area contributed by atoms with Crippen LogP contribution in [0.3, 0.4) is 0 Å². The number of nitrogens with zero attached hydrogens (tertiary/aromatic N) is 2. The molecule has 0 spiro atoms. The molecule has 2 aliphatic heterocycles. The number of aromatic amines is 1. The molecule has 4 N–H and O–H groups in total. The second-order valence-corrected chi connectivity index (χ2v) is 9.04. The Morgan fingerprint density at radius 3 is 2.56 bits per heavy atom. The number of carbonyl (C=O) groups excluding carboxylic acids is 3. The Morgan fingerprint density at radius 2 is 1.76 bits per heavy atom. The number of carbonyl (C=O) groups is 3. The summed E-state index contributed by atoms with van der Waals surface area (Å²) in [7, 11) is 0. The molecule has 11 heteroatoms. The summed E-state index contributed by atoms with van der Waals surface area (Å²) in [5, 5.41) is 16.4. The van der Waals surface area contributed by atoms with Gasteiger partial charge in [0.25, 0.3) is 5.91 Å². The van der Waals surface area contributed by atoms with E-state index in [9.17, 15) is 14.4 Å². The van der Waals surface area contributed by atoms with Gasteiger partial charge in [-0.3, -0.25) is 14.7 Å². The molecule has 4 amide bonds. The first-order valence-corrected chi connectivity index (χ1v) is 11.4. The van der Waals surface area contributed by atoms with E-state index in [1.807, 2.05) is 6.07 Å². The topological polar surface area (TPSA) is 119 Å². The van der Waals surface area contributed by atoms with Crippen molar-refractivity contribution in [1.29, 1.82) is 0 Å². The fourth-order valence-electron chi connectivity index (χ4n) is 4.14. The van der Waals surface area contributed by atoms with Crippen LogP contribution in [-0.2, 0) is 24.2 Å². The largest absolute Gasteiger partial charge is 0.326 e. The minimum Gasteiger partial charge on any atom is -0.326 e. The lowest BCUT2D eigenvalue weighted by Crippen LogP contribution is -2.39. The normalized spacial score (nSPS) is 14.6. The first-order valence-electron chi connectivity index (χ1n) is 10.7. The maximum absolute atomic E-state index is 13.0. The molecule has 0 radical (unpaired) electrons. The number of hydrogen-bond donors (Lipinski definition) is 4. The zero-order chi connectivity index (χ0) is 23.8. The molecule has 1 aromatic heterocycles. The number of urea groups is 1. The van der Waals surface area contributed by atoms with Gasteiger partial charge in [0.15, 0.2) is 5.69 Å². The molecule has 3 heterocycles. The van der Waals surface area contributed by atoms with Crippen molar-refractivity contribution >= 4 is 58.1 Å². The van der Waals surface area contributed by atoms with Gasteiger partial charge in [0, 0.05) is 57.8 Å². The van der Waals surface area contributed by atoms with Gasteiger partial charge in [0.1, 0.15) is 0 Å². The Morgan fingerprint density at radius 1 is 0.971 bits per heavy atom. The van der Waals surface area contributed by atoms with Crippen LogP contribution >= 0.6 is 23.2 Å². The molecular weight excluding hydrogens is 479 g/mol. The Kier molecular flexibility index (Phi) is 5.89.